The molecule has 0 atom stereocenters. The van der Waals surface area contributed by atoms with Crippen LogP contribution < -0.4 is 0 Å². The second-order valence-electron chi connectivity index (χ2n) is 5.28. The fraction of sp³-hybridized carbons (Fsp3) is 0.625. The fourth-order valence-electron chi connectivity index (χ4n) is 1.39. The molecule has 0 saturated carbocycles. The lowest BCUT2D eigenvalue weighted by molar-refractivity contribution is 0.0264. The standard InChI is InChI=1S/C16H26INO3/c1-6-8-9-14(7-2)18(11-13-20-12-10-17)15(19)21-16(3,4)5/h7-8H,2,6,10-13H2,1,3-5H3. The van der Waals surface area contributed by atoms with E-state index in [9.17, 15) is 4.79 Å². The van der Waals surface area contributed by atoms with Crippen molar-refractivity contribution in [2.45, 2.75) is 39.7 Å². The lowest BCUT2D eigenvalue weighted by atomic mass is 10.2. The molecule has 120 valence electrons. The first-order valence-electron chi connectivity index (χ1n) is 7.07. The van der Waals surface area contributed by atoms with E-state index in [1.165, 1.54) is 4.90 Å². The number of alkyl halides is 1. The van der Waals surface area contributed by atoms with E-state index in [1.807, 2.05) is 33.8 Å². The molecule has 1 amide bonds. The van der Waals surface area contributed by atoms with Gasteiger partial charge in [0, 0.05) is 4.43 Å². The van der Waals surface area contributed by atoms with Crippen LogP contribution in [0.1, 0.15) is 34.1 Å². The Labute approximate surface area is 142 Å². The van der Waals surface area contributed by atoms with Crippen molar-refractivity contribution in [2.24, 2.45) is 0 Å². The number of hydrogen-bond acceptors (Lipinski definition) is 3. The molecule has 0 radical (unpaired) electrons. The molecular formula is C16H26INO3. The topological polar surface area (TPSA) is 38.8 Å². The second-order valence-corrected chi connectivity index (χ2v) is 6.36. The van der Waals surface area contributed by atoms with Crippen molar-refractivity contribution < 1.29 is 14.3 Å². The van der Waals surface area contributed by atoms with Crippen molar-refractivity contribution in [1.82, 2.24) is 4.90 Å². The molecule has 0 bridgehead atoms. The van der Waals surface area contributed by atoms with E-state index in [4.69, 9.17) is 9.47 Å². The van der Waals surface area contributed by atoms with E-state index < -0.39 is 11.7 Å². The van der Waals surface area contributed by atoms with Gasteiger partial charge in [-0.05, 0) is 39.3 Å². The Morgan fingerprint density at radius 3 is 2.52 bits per heavy atom. The molecule has 5 heteroatoms. The van der Waals surface area contributed by atoms with Gasteiger partial charge in [0.25, 0.3) is 0 Å². The van der Waals surface area contributed by atoms with Crippen molar-refractivity contribution >= 4 is 28.7 Å². The molecule has 0 spiro atoms. The van der Waals surface area contributed by atoms with E-state index in [1.54, 1.807) is 6.08 Å². The van der Waals surface area contributed by atoms with Gasteiger partial charge in [-0.25, -0.2) is 4.79 Å². The zero-order valence-electron chi connectivity index (χ0n) is 13.4. The van der Waals surface area contributed by atoms with Crippen molar-refractivity contribution in [1.29, 1.82) is 0 Å². The highest BCUT2D eigenvalue weighted by Gasteiger charge is 2.23. The summed E-state index contributed by atoms with van der Waals surface area (Å²) in [5, 5.41) is 0. The monoisotopic (exact) mass is 407 g/mol. The van der Waals surface area contributed by atoms with Crippen LogP contribution >= 0.6 is 22.6 Å². The third-order valence-electron chi connectivity index (χ3n) is 2.23. The molecule has 0 aromatic rings. The molecule has 0 fully saturated rings. The molecular weight excluding hydrogens is 381 g/mol. The molecule has 0 aliphatic heterocycles. The SMILES string of the molecule is C=CC(=C=CCC)N(CCOCCI)C(=O)OC(C)(C)C. The quantitative estimate of drug-likeness (QED) is 0.198. The summed E-state index contributed by atoms with van der Waals surface area (Å²) in [7, 11) is 0. The van der Waals surface area contributed by atoms with Gasteiger partial charge >= 0.3 is 6.09 Å². The van der Waals surface area contributed by atoms with Gasteiger partial charge in [-0.1, -0.05) is 41.8 Å². The van der Waals surface area contributed by atoms with Crippen molar-refractivity contribution in [2.75, 3.05) is 24.2 Å². The molecule has 0 aliphatic rings. The molecule has 0 rings (SSSR count). The van der Waals surface area contributed by atoms with Crippen LogP contribution in [0.15, 0.2) is 30.2 Å². The number of amides is 1. The molecule has 0 N–H and O–H groups in total. The lowest BCUT2D eigenvalue weighted by Crippen LogP contribution is -2.37. The average Bonchev–Trinajstić information content (AvgIpc) is 2.39. The highest BCUT2D eigenvalue weighted by Crippen LogP contribution is 2.14. The molecule has 4 nitrogen and oxygen atoms in total. The zero-order valence-corrected chi connectivity index (χ0v) is 15.6. The molecule has 0 saturated heterocycles. The van der Waals surface area contributed by atoms with Gasteiger partial charge in [-0.3, -0.25) is 4.90 Å². The summed E-state index contributed by atoms with van der Waals surface area (Å²) < 4.78 is 11.8. The van der Waals surface area contributed by atoms with Crippen LogP contribution in [0.25, 0.3) is 0 Å². The summed E-state index contributed by atoms with van der Waals surface area (Å²) in [6, 6.07) is 0. The van der Waals surface area contributed by atoms with Gasteiger partial charge in [-0.2, -0.15) is 0 Å². The first-order valence-corrected chi connectivity index (χ1v) is 8.60. The minimum Gasteiger partial charge on any atom is -0.443 e. The largest absolute Gasteiger partial charge is 0.443 e. The zero-order chi connectivity index (χ0) is 16.3. The highest BCUT2D eigenvalue weighted by atomic mass is 127. The number of carbonyl (C=O) groups is 1. The Bertz CT molecular complexity index is 393. The summed E-state index contributed by atoms with van der Waals surface area (Å²) in [5.74, 6) is 0. The maximum atomic E-state index is 12.3. The maximum Gasteiger partial charge on any atom is 0.415 e. The molecule has 0 heterocycles. The summed E-state index contributed by atoms with van der Waals surface area (Å²) in [6.07, 6.45) is 3.90. The number of hydrogen-bond donors (Lipinski definition) is 0. The van der Waals surface area contributed by atoms with Crippen LogP contribution in [0.2, 0.25) is 0 Å². The summed E-state index contributed by atoms with van der Waals surface area (Å²) >= 11 is 2.25. The van der Waals surface area contributed by atoms with E-state index in [0.29, 0.717) is 25.5 Å². The molecule has 0 aromatic heterocycles. The fourth-order valence-corrected chi connectivity index (χ4v) is 1.70. The Balaban J connectivity index is 5.03. The normalized spacial score (nSPS) is 10.5. The third kappa shape index (κ3) is 9.72. The van der Waals surface area contributed by atoms with Crippen LogP contribution in [-0.2, 0) is 9.47 Å². The summed E-state index contributed by atoms with van der Waals surface area (Å²) in [5.41, 5.74) is 3.13. The van der Waals surface area contributed by atoms with Crippen molar-refractivity contribution in [3.05, 3.63) is 30.2 Å². The lowest BCUT2D eigenvalue weighted by Gasteiger charge is -2.27. The van der Waals surface area contributed by atoms with Crippen LogP contribution in [0.3, 0.4) is 0 Å². The molecule has 0 aromatic carbocycles. The second kappa shape index (κ2) is 10.9. The predicted octanol–water partition coefficient (Wildman–Crippen LogP) is 4.31. The maximum absolute atomic E-state index is 12.3. The van der Waals surface area contributed by atoms with Gasteiger partial charge in [0.1, 0.15) is 5.60 Å². The van der Waals surface area contributed by atoms with Gasteiger partial charge in [0.2, 0.25) is 0 Å². The van der Waals surface area contributed by atoms with Gasteiger partial charge < -0.3 is 9.47 Å². The van der Waals surface area contributed by atoms with Crippen LogP contribution in [0.4, 0.5) is 4.79 Å². The van der Waals surface area contributed by atoms with Crippen LogP contribution in [-0.4, -0.2) is 40.8 Å². The van der Waals surface area contributed by atoms with Crippen LogP contribution in [0.5, 0.6) is 0 Å². The summed E-state index contributed by atoms with van der Waals surface area (Å²) in [6.45, 7) is 12.8. The number of carbonyl (C=O) groups excluding carboxylic acids is 1. The number of ether oxygens (including phenoxy) is 2. The van der Waals surface area contributed by atoms with E-state index in [2.05, 4.69) is 34.9 Å². The van der Waals surface area contributed by atoms with E-state index in [0.717, 1.165) is 10.8 Å². The van der Waals surface area contributed by atoms with E-state index in [-0.39, 0.29) is 0 Å². The first-order chi connectivity index (χ1) is 9.85. The summed E-state index contributed by atoms with van der Waals surface area (Å²) in [4.78, 5) is 13.8. The Morgan fingerprint density at radius 1 is 1.38 bits per heavy atom. The third-order valence-corrected chi connectivity index (χ3v) is 2.67. The van der Waals surface area contributed by atoms with Crippen molar-refractivity contribution in [3.8, 4) is 0 Å². The van der Waals surface area contributed by atoms with Crippen LogP contribution in [0, 0.1) is 0 Å². The first kappa shape index (κ1) is 20.2. The molecule has 0 aliphatic carbocycles. The molecule has 21 heavy (non-hydrogen) atoms. The highest BCUT2D eigenvalue weighted by molar-refractivity contribution is 14.1. The number of nitrogens with zero attached hydrogens (tertiary/aromatic N) is 1. The van der Waals surface area contributed by atoms with Gasteiger partial charge in [-0.15, -0.1) is 0 Å². The number of allylic oxidation sites excluding steroid dienone is 1. The van der Waals surface area contributed by atoms with Gasteiger partial charge in [0.05, 0.1) is 25.5 Å². The van der Waals surface area contributed by atoms with E-state index >= 15 is 0 Å². The van der Waals surface area contributed by atoms with Crippen molar-refractivity contribution in [3.63, 3.8) is 0 Å². The smallest absolute Gasteiger partial charge is 0.415 e. The predicted molar refractivity (Wildman–Crippen MR) is 94.7 cm³/mol. The Hall–Kier alpha value is -0.780. The Kier molecular flexibility index (Phi) is 10.5. The number of halogens is 1. The average molecular weight is 407 g/mol. The van der Waals surface area contributed by atoms with Gasteiger partial charge in [0.15, 0.2) is 0 Å². The number of rotatable bonds is 8. The molecule has 0 unspecified atom stereocenters. The minimum absolute atomic E-state index is 0.410. The minimum atomic E-state index is -0.543. The Morgan fingerprint density at radius 2 is 2.05 bits per heavy atom.